The first kappa shape index (κ1) is 18.5. The summed E-state index contributed by atoms with van der Waals surface area (Å²) >= 11 is 5.80. The summed E-state index contributed by atoms with van der Waals surface area (Å²) in [4.78, 5) is 35.8. The highest BCUT2D eigenvalue weighted by atomic mass is 35.5. The van der Waals surface area contributed by atoms with Gasteiger partial charge in [-0.3, -0.25) is 9.59 Å². The summed E-state index contributed by atoms with van der Waals surface area (Å²) in [5.74, 6) is -4.45. The standard InChI is InChI=1S/C18H10ClF2NO5/c19-9-4-5-14-10(6-9)13(23)7-15(27-14)18(25)26-8-16(24)22-17-11(20)2-1-3-12(17)21/h1-7H,8H2,(H,22,24). The summed E-state index contributed by atoms with van der Waals surface area (Å²) in [6.07, 6.45) is 0. The zero-order valence-corrected chi connectivity index (χ0v) is 14.2. The number of carbonyl (C=O) groups is 2. The van der Waals surface area contributed by atoms with Crippen LogP contribution in [0.1, 0.15) is 10.6 Å². The Hall–Kier alpha value is -3.26. The molecule has 0 bridgehead atoms. The van der Waals surface area contributed by atoms with E-state index in [0.29, 0.717) is 5.02 Å². The number of halogens is 3. The topological polar surface area (TPSA) is 85.6 Å². The van der Waals surface area contributed by atoms with Gasteiger partial charge in [0.15, 0.2) is 12.0 Å². The predicted molar refractivity (Wildman–Crippen MR) is 92.8 cm³/mol. The Morgan fingerprint density at radius 1 is 1.11 bits per heavy atom. The molecule has 27 heavy (non-hydrogen) atoms. The molecule has 0 radical (unpaired) electrons. The zero-order chi connectivity index (χ0) is 19.6. The molecule has 6 nitrogen and oxygen atoms in total. The number of hydrogen-bond donors (Lipinski definition) is 1. The lowest BCUT2D eigenvalue weighted by atomic mass is 10.2. The molecule has 0 saturated carbocycles. The van der Waals surface area contributed by atoms with Crippen molar-refractivity contribution in [2.45, 2.75) is 0 Å². The molecule has 0 unspecified atom stereocenters. The second-order valence-corrected chi connectivity index (χ2v) is 5.77. The molecule has 0 aliphatic heterocycles. The zero-order valence-electron chi connectivity index (χ0n) is 13.4. The fraction of sp³-hybridized carbons (Fsp3) is 0.0556. The Bertz CT molecular complexity index is 1090. The fourth-order valence-corrected chi connectivity index (χ4v) is 2.40. The molecule has 1 amide bonds. The summed E-state index contributed by atoms with van der Waals surface area (Å²) in [5, 5.41) is 2.45. The van der Waals surface area contributed by atoms with E-state index in [4.69, 9.17) is 20.8 Å². The van der Waals surface area contributed by atoms with Gasteiger partial charge in [0.2, 0.25) is 5.76 Å². The van der Waals surface area contributed by atoms with E-state index in [-0.39, 0.29) is 11.0 Å². The third kappa shape index (κ3) is 4.12. The van der Waals surface area contributed by atoms with E-state index in [0.717, 1.165) is 24.3 Å². The summed E-state index contributed by atoms with van der Waals surface area (Å²) in [7, 11) is 0. The molecule has 138 valence electrons. The number of fused-ring (bicyclic) bond motifs is 1. The van der Waals surface area contributed by atoms with Crippen molar-refractivity contribution < 1.29 is 27.5 Å². The van der Waals surface area contributed by atoms with E-state index in [9.17, 15) is 23.2 Å². The monoisotopic (exact) mass is 393 g/mol. The van der Waals surface area contributed by atoms with Crippen LogP contribution in [0, 0.1) is 11.6 Å². The van der Waals surface area contributed by atoms with Gasteiger partial charge >= 0.3 is 5.97 Å². The number of benzene rings is 2. The van der Waals surface area contributed by atoms with Crippen molar-refractivity contribution in [3.63, 3.8) is 0 Å². The van der Waals surface area contributed by atoms with Gasteiger partial charge in [-0.15, -0.1) is 0 Å². The first-order valence-corrected chi connectivity index (χ1v) is 7.87. The number of carbonyl (C=O) groups excluding carboxylic acids is 2. The van der Waals surface area contributed by atoms with Crippen molar-refractivity contribution in [3.05, 3.63) is 75.1 Å². The van der Waals surface area contributed by atoms with Crippen LogP contribution in [0.5, 0.6) is 0 Å². The maximum absolute atomic E-state index is 13.5. The van der Waals surface area contributed by atoms with Crippen LogP contribution < -0.4 is 10.7 Å². The number of nitrogens with one attached hydrogen (secondary N) is 1. The molecule has 0 aliphatic carbocycles. The highest BCUT2D eigenvalue weighted by Crippen LogP contribution is 2.19. The summed E-state index contributed by atoms with van der Waals surface area (Å²) in [6, 6.07) is 8.21. The molecule has 0 spiro atoms. The average molecular weight is 394 g/mol. The predicted octanol–water partition coefficient (Wildman–Crippen LogP) is 3.52. The van der Waals surface area contributed by atoms with Crippen LogP contribution in [-0.2, 0) is 9.53 Å². The molecule has 1 heterocycles. The van der Waals surface area contributed by atoms with Crippen molar-refractivity contribution in [3.8, 4) is 0 Å². The van der Waals surface area contributed by atoms with E-state index in [1.54, 1.807) is 0 Å². The van der Waals surface area contributed by atoms with Gasteiger partial charge in [0.1, 0.15) is 22.9 Å². The van der Waals surface area contributed by atoms with Gasteiger partial charge in [-0.1, -0.05) is 17.7 Å². The smallest absolute Gasteiger partial charge is 0.374 e. The number of rotatable bonds is 4. The van der Waals surface area contributed by atoms with Crippen molar-refractivity contribution in [1.82, 2.24) is 0 Å². The van der Waals surface area contributed by atoms with Gasteiger partial charge in [-0.05, 0) is 30.3 Å². The van der Waals surface area contributed by atoms with Crippen molar-refractivity contribution in [2.75, 3.05) is 11.9 Å². The Morgan fingerprint density at radius 3 is 2.52 bits per heavy atom. The maximum Gasteiger partial charge on any atom is 0.374 e. The molecule has 0 atom stereocenters. The van der Waals surface area contributed by atoms with Crippen molar-refractivity contribution in [2.24, 2.45) is 0 Å². The van der Waals surface area contributed by atoms with E-state index in [2.05, 4.69) is 0 Å². The van der Waals surface area contributed by atoms with Gasteiger partial charge in [0, 0.05) is 11.1 Å². The molecular formula is C18H10ClF2NO5. The summed E-state index contributed by atoms with van der Waals surface area (Å²) in [6.45, 7) is -0.838. The van der Waals surface area contributed by atoms with E-state index >= 15 is 0 Å². The van der Waals surface area contributed by atoms with Crippen LogP contribution in [0.4, 0.5) is 14.5 Å². The molecule has 3 rings (SSSR count). The Morgan fingerprint density at radius 2 is 1.81 bits per heavy atom. The van der Waals surface area contributed by atoms with Gasteiger partial charge < -0.3 is 14.5 Å². The Labute approximate surface area is 155 Å². The second kappa shape index (κ2) is 7.55. The van der Waals surface area contributed by atoms with E-state index in [1.807, 2.05) is 5.32 Å². The highest BCUT2D eigenvalue weighted by molar-refractivity contribution is 6.31. The lowest BCUT2D eigenvalue weighted by molar-refractivity contribution is -0.119. The number of ether oxygens (including phenoxy) is 1. The average Bonchev–Trinajstić information content (AvgIpc) is 2.63. The van der Waals surface area contributed by atoms with Gasteiger partial charge in [0.05, 0.1) is 5.39 Å². The largest absolute Gasteiger partial charge is 0.450 e. The minimum absolute atomic E-state index is 0.108. The van der Waals surface area contributed by atoms with E-state index < -0.39 is 47.0 Å². The minimum atomic E-state index is -1.09. The number of para-hydroxylation sites is 1. The first-order chi connectivity index (χ1) is 12.8. The molecule has 1 N–H and O–H groups in total. The first-order valence-electron chi connectivity index (χ1n) is 7.49. The van der Waals surface area contributed by atoms with Crippen LogP contribution in [0.15, 0.2) is 51.7 Å². The SMILES string of the molecule is O=C(COC(=O)c1cc(=O)c2cc(Cl)ccc2o1)Nc1c(F)cccc1F. The van der Waals surface area contributed by atoms with Crippen LogP contribution in [0.3, 0.4) is 0 Å². The van der Waals surface area contributed by atoms with Crippen molar-refractivity contribution in [1.29, 1.82) is 0 Å². The minimum Gasteiger partial charge on any atom is -0.450 e. The Kier molecular flexibility index (Phi) is 5.18. The molecule has 1 aromatic heterocycles. The quantitative estimate of drug-likeness (QED) is 0.685. The molecule has 0 aliphatic rings. The molecule has 2 aromatic carbocycles. The van der Waals surface area contributed by atoms with Crippen LogP contribution in [0.2, 0.25) is 5.02 Å². The maximum atomic E-state index is 13.5. The lowest BCUT2D eigenvalue weighted by Gasteiger charge is -2.08. The molecule has 9 heteroatoms. The number of esters is 1. The highest BCUT2D eigenvalue weighted by Gasteiger charge is 2.17. The number of hydrogen-bond acceptors (Lipinski definition) is 5. The molecule has 0 saturated heterocycles. The van der Waals surface area contributed by atoms with Gasteiger partial charge in [-0.25, -0.2) is 13.6 Å². The molecular weight excluding hydrogens is 384 g/mol. The normalized spacial score (nSPS) is 10.6. The van der Waals surface area contributed by atoms with Crippen LogP contribution >= 0.6 is 11.6 Å². The molecule has 3 aromatic rings. The second-order valence-electron chi connectivity index (χ2n) is 5.34. The van der Waals surface area contributed by atoms with Gasteiger partial charge in [0.25, 0.3) is 5.91 Å². The van der Waals surface area contributed by atoms with Crippen LogP contribution in [0.25, 0.3) is 11.0 Å². The summed E-state index contributed by atoms with van der Waals surface area (Å²) < 4.78 is 36.9. The fourth-order valence-electron chi connectivity index (χ4n) is 2.22. The molecule has 0 fully saturated rings. The lowest BCUT2D eigenvalue weighted by Crippen LogP contribution is -2.22. The summed E-state index contributed by atoms with van der Waals surface area (Å²) in [5.41, 5.74) is -1.08. The third-order valence-corrected chi connectivity index (χ3v) is 3.69. The number of anilines is 1. The van der Waals surface area contributed by atoms with Gasteiger partial charge in [-0.2, -0.15) is 0 Å². The van der Waals surface area contributed by atoms with Crippen molar-refractivity contribution >= 4 is 40.1 Å². The third-order valence-electron chi connectivity index (χ3n) is 3.45. The van der Waals surface area contributed by atoms with E-state index in [1.165, 1.54) is 18.2 Å². The Balaban J connectivity index is 1.71. The number of amides is 1. The van der Waals surface area contributed by atoms with Crippen LogP contribution in [-0.4, -0.2) is 18.5 Å².